The molecule has 0 amide bonds. The van der Waals surface area contributed by atoms with E-state index in [-0.39, 0.29) is 17.1 Å². The molecule has 2 nitrogen and oxygen atoms in total. The number of benzene rings is 1. The van der Waals surface area contributed by atoms with Gasteiger partial charge in [-0.3, -0.25) is 4.79 Å². The molecule has 1 aliphatic heterocycles. The Kier molecular flexibility index (Phi) is 7.73. The molecule has 0 aliphatic carbocycles. The first-order valence-electron chi connectivity index (χ1n) is 10.9. The number of unbranched alkanes of at least 4 members (excludes halogenated alkanes) is 3. The fraction of sp³-hybridized carbons (Fsp3) is 0.708. The van der Waals surface area contributed by atoms with Gasteiger partial charge in [0.15, 0.2) is 5.78 Å². The average Bonchev–Trinajstić information content (AvgIpc) is 3.02. The van der Waals surface area contributed by atoms with Crippen molar-refractivity contribution in [2.45, 2.75) is 97.8 Å². The van der Waals surface area contributed by atoms with Crippen LogP contribution < -0.4 is 4.74 Å². The summed E-state index contributed by atoms with van der Waals surface area (Å²) in [4.78, 5) is 12.8. The molecule has 26 heavy (non-hydrogen) atoms. The molecule has 0 fully saturated rings. The predicted molar refractivity (Wildman–Crippen MR) is 110 cm³/mol. The van der Waals surface area contributed by atoms with Crippen molar-refractivity contribution in [2.24, 2.45) is 5.92 Å². The molecule has 0 saturated heterocycles. The van der Waals surface area contributed by atoms with Crippen LogP contribution in [0, 0.1) is 5.92 Å². The molecule has 146 valence electrons. The lowest BCUT2D eigenvalue weighted by Gasteiger charge is -2.28. The maximum absolute atomic E-state index is 12.8. The summed E-state index contributed by atoms with van der Waals surface area (Å²) in [5.41, 5.74) is 3.55. The van der Waals surface area contributed by atoms with E-state index in [2.05, 4.69) is 39.8 Å². The van der Waals surface area contributed by atoms with Crippen molar-refractivity contribution in [3.05, 3.63) is 28.8 Å². The zero-order valence-electron chi connectivity index (χ0n) is 17.6. The zero-order valence-corrected chi connectivity index (χ0v) is 17.6. The first-order valence-corrected chi connectivity index (χ1v) is 10.9. The average molecular weight is 359 g/mol. The minimum absolute atomic E-state index is 0.0780. The van der Waals surface area contributed by atoms with E-state index in [0.717, 1.165) is 36.3 Å². The minimum Gasteiger partial charge on any atom is -0.492 e. The van der Waals surface area contributed by atoms with Crippen LogP contribution in [-0.2, 0) is 11.8 Å². The van der Waals surface area contributed by atoms with Crippen molar-refractivity contribution >= 4 is 5.78 Å². The van der Waals surface area contributed by atoms with Gasteiger partial charge in [0.1, 0.15) is 5.75 Å². The Hall–Kier alpha value is -1.31. The molecule has 0 saturated carbocycles. The monoisotopic (exact) mass is 358 g/mol. The second-order valence-electron chi connectivity index (χ2n) is 8.13. The largest absolute Gasteiger partial charge is 0.492 e. The van der Waals surface area contributed by atoms with E-state index in [1.165, 1.54) is 50.5 Å². The van der Waals surface area contributed by atoms with E-state index in [1.807, 2.05) is 6.92 Å². The Labute approximate surface area is 160 Å². The van der Waals surface area contributed by atoms with Gasteiger partial charge in [0.25, 0.3) is 0 Å². The molecule has 1 aromatic carbocycles. The lowest BCUT2D eigenvalue weighted by molar-refractivity contribution is 0.0926. The van der Waals surface area contributed by atoms with Gasteiger partial charge in [0.2, 0.25) is 0 Å². The first-order chi connectivity index (χ1) is 12.5. The first kappa shape index (κ1) is 21.0. The van der Waals surface area contributed by atoms with Gasteiger partial charge in [-0.2, -0.15) is 0 Å². The van der Waals surface area contributed by atoms with Crippen molar-refractivity contribution in [2.75, 3.05) is 6.61 Å². The summed E-state index contributed by atoms with van der Waals surface area (Å²) < 4.78 is 6.30. The summed E-state index contributed by atoms with van der Waals surface area (Å²) in [5, 5.41) is 0. The summed E-state index contributed by atoms with van der Waals surface area (Å²) in [6, 6.07) is 4.31. The molecule has 0 spiro atoms. The molecular formula is C24H38O2. The van der Waals surface area contributed by atoms with E-state index >= 15 is 0 Å². The van der Waals surface area contributed by atoms with Gasteiger partial charge < -0.3 is 4.74 Å². The van der Waals surface area contributed by atoms with Crippen LogP contribution in [0.25, 0.3) is 0 Å². The number of carbonyl (C=O) groups is 1. The Bertz CT molecular complexity index is 604. The Balaban J connectivity index is 2.37. The molecule has 2 heteroatoms. The molecule has 2 rings (SSSR count). The summed E-state index contributed by atoms with van der Waals surface area (Å²) in [6.45, 7) is 11.6. The highest BCUT2D eigenvalue weighted by atomic mass is 16.5. The van der Waals surface area contributed by atoms with Crippen LogP contribution in [0.5, 0.6) is 5.75 Å². The van der Waals surface area contributed by atoms with Crippen LogP contribution in [0.2, 0.25) is 0 Å². The van der Waals surface area contributed by atoms with Crippen LogP contribution in [-0.4, -0.2) is 12.4 Å². The number of hydrogen-bond acceptors (Lipinski definition) is 2. The van der Waals surface area contributed by atoms with Crippen LogP contribution in [0.4, 0.5) is 0 Å². The van der Waals surface area contributed by atoms with Gasteiger partial charge in [0, 0.05) is 28.0 Å². The zero-order chi connectivity index (χ0) is 19.2. The molecule has 1 aromatic rings. The molecule has 1 aliphatic rings. The highest BCUT2D eigenvalue weighted by Crippen LogP contribution is 2.48. The van der Waals surface area contributed by atoms with E-state index in [9.17, 15) is 4.79 Å². The second-order valence-corrected chi connectivity index (χ2v) is 8.13. The number of rotatable bonds is 11. The molecule has 2 atom stereocenters. The highest BCUT2D eigenvalue weighted by Gasteiger charge is 2.41. The van der Waals surface area contributed by atoms with Crippen molar-refractivity contribution in [1.29, 1.82) is 0 Å². The molecular weight excluding hydrogens is 320 g/mol. The molecule has 0 bridgehead atoms. The minimum atomic E-state index is 0.0780. The Morgan fingerprint density at radius 3 is 2.46 bits per heavy atom. The van der Waals surface area contributed by atoms with Gasteiger partial charge in [-0.25, -0.2) is 0 Å². The fourth-order valence-electron chi connectivity index (χ4n) is 4.44. The van der Waals surface area contributed by atoms with Crippen LogP contribution >= 0.6 is 0 Å². The van der Waals surface area contributed by atoms with Crippen LogP contribution in [0.1, 0.15) is 107 Å². The Morgan fingerprint density at radius 1 is 1.08 bits per heavy atom. The van der Waals surface area contributed by atoms with E-state index in [0.29, 0.717) is 0 Å². The third kappa shape index (κ3) is 4.15. The summed E-state index contributed by atoms with van der Waals surface area (Å²) >= 11 is 0. The normalized spacial score (nSPS) is 19.9. The molecule has 0 radical (unpaired) electrons. The van der Waals surface area contributed by atoms with E-state index in [4.69, 9.17) is 4.74 Å². The standard InChI is InChI=1S/C24H38O2/c1-6-10-11-12-16-24(15-7-2)17-26-23-19(9-4)20(13-14-21(23)24)22(25)18(5)8-3/h13-14,18H,6-12,15-17H2,1-5H3. The van der Waals surface area contributed by atoms with E-state index < -0.39 is 0 Å². The lowest BCUT2D eigenvalue weighted by atomic mass is 9.73. The van der Waals surface area contributed by atoms with Gasteiger partial charge in [0.05, 0.1) is 6.61 Å². The number of ether oxygens (including phenoxy) is 1. The molecule has 1 heterocycles. The summed E-state index contributed by atoms with van der Waals surface area (Å²) in [5.74, 6) is 1.38. The van der Waals surface area contributed by atoms with Gasteiger partial charge >= 0.3 is 0 Å². The summed E-state index contributed by atoms with van der Waals surface area (Å²) in [6.07, 6.45) is 10.5. The fourth-order valence-corrected chi connectivity index (χ4v) is 4.44. The smallest absolute Gasteiger partial charge is 0.166 e. The van der Waals surface area contributed by atoms with Gasteiger partial charge in [-0.05, 0) is 25.7 Å². The summed E-state index contributed by atoms with van der Waals surface area (Å²) in [7, 11) is 0. The predicted octanol–water partition coefficient (Wildman–Crippen LogP) is 6.88. The van der Waals surface area contributed by atoms with Crippen molar-refractivity contribution in [1.82, 2.24) is 0 Å². The van der Waals surface area contributed by atoms with Crippen molar-refractivity contribution < 1.29 is 9.53 Å². The van der Waals surface area contributed by atoms with E-state index in [1.54, 1.807) is 0 Å². The molecule has 0 aromatic heterocycles. The second kappa shape index (κ2) is 9.58. The number of hydrogen-bond donors (Lipinski definition) is 0. The number of fused-ring (bicyclic) bond motifs is 1. The van der Waals surface area contributed by atoms with Crippen molar-refractivity contribution in [3.63, 3.8) is 0 Å². The van der Waals surface area contributed by atoms with Crippen molar-refractivity contribution in [3.8, 4) is 5.75 Å². The SMILES string of the molecule is CCCCCCC1(CCC)COc2c1ccc(C(=O)C(C)CC)c2CC. The third-order valence-corrected chi connectivity index (χ3v) is 6.24. The molecule has 2 unspecified atom stereocenters. The van der Waals surface area contributed by atoms with Gasteiger partial charge in [-0.1, -0.05) is 78.9 Å². The quantitative estimate of drug-likeness (QED) is 0.318. The maximum atomic E-state index is 12.8. The number of carbonyl (C=O) groups excluding carboxylic acids is 1. The number of Topliss-reactive ketones (excluding diaryl/α,β-unsaturated/α-hetero) is 1. The van der Waals surface area contributed by atoms with Crippen LogP contribution in [0.15, 0.2) is 12.1 Å². The third-order valence-electron chi connectivity index (χ3n) is 6.24. The topological polar surface area (TPSA) is 26.3 Å². The lowest BCUT2D eigenvalue weighted by Crippen LogP contribution is -2.28. The highest BCUT2D eigenvalue weighted by molar-refractivity contribution is 5.99. The van der Waals surface area contributed by atoms with Crippen LogP contribution in [0.3, 0.4) is 0 Å². The molecule has 0 N–H and O–H groups in total. The Morgan fingerprint density at radius 2 is 1.85 bits per heavy atom. The number of ketones is 1. The van der Waals surface area contributed by atoms with Gasteiger partial charge in [-0.15, -0.1) is 0 Å². The maximum Gasteiger partial charge on any atom is 0.166 e.